The van der Waals surface area contributed by atoms with Crippen LogP contribution in [0.5, 0.6) is 0 Å². The zero-order valence-electron chi connectivity index (χ0n) is 13.1. The fraction of sp³-hybridized carbons (Fsp3) is 0.333. The molecule has 22 heavy (non-hydrogen) atoms. The Morgan fingerprint density at radius 1 is 1.09 bits per heavy atom. The fourth-order valence-corrected chi connectivity index (χ4v) is 2.40. The maximum absolute atomic E-state index is 12.4. The van der Waals surface area contributed by atoms with Crippen molar-refractivity contribution in [3.63, 3.8) is 0 Å². The molecule has 2 rings (SSSR count). The number of benzene rings is 2. The van der Waals surface area contributed by atoms with Crippen molar-refractivity contribution in [3.8, 4) is 0 Å². The van der Waals surface area contributed by atoms with E-state index in [1.807, 2.05) is 50.2 Å². The molecule has 0 radical (unpaired) electrons. The average molecular weight is 299 g/mol. The van der Waals surface area contributed by atoms with Gasteiger partial charge in [-0.15, -0.1) is 0 Å². The molecular formula is C18H21NO3. The van der Waals surface area contributed by atoms with Crippen molar-refractivity contribution < 1.29 is 14.3 Å². The highest BCUT2D eigenvalue weighted by atomic mass is 16.5. The summed E-state index contributed by atoms with van der Waals surface area (Å²) in [6.07, 6.45) is 0.548. The molecule has 0 heterocycles. The summed E-state index contributed by atoms with van der Waals surface area (Å²) in [5.41, 5.74) is 0.538. The van der Waals surface area contributed by atoms with E-state index in [0.29, 0.717) is 12.0 Å². The number of rotatable bonds is 5. The zero-order valence-corrected chi connectivity index (χ0v) is 13.1. The number of esters is 1. The lowest BCUT2D eigenvalue weighted by Crippen LogP contribution is -2.42. The minimum atomic E-state index is -0.621. The van der Waals surface area contributed by atoms with Crippen molar-refractivity contribution in [2.45, 2.75) is 26.3 Å². The van der Waals surface area contributed by atoms with Gasteiger partial charge in [-0.1, -0.05) is 44.2 Å². The quantitative estimate of drug-likeness (QED) is 0.863. The van der Waals surface area contributed by atoms with Gasteiger partial charge in [0.15, 0.2) is 0 Å². The molecule has 0 aromatic heterocycles. The van der Waals surface area contributed by atoms with E-state index in [1.54, 1.807) is 6.07 Å². The maximum Gasteiger partial charge on any atom is 0.328 e. The van der Waals surface area contributed by atoms with Crippen molar-refractivity contribution in [3.05, 3.63) is 48.0 Å². The number of nitrogens with one attached hydrogen (secondary N) is 1. The Morgan fingerprint density at radius 2 is 1.77 bits per heavy atom. The van der Waals surface area contributed by atoms with Crippen molar-refractivity contribution in [2.24, 2.45) is 5.92 Å². The van der Waals surface area contributed by atoms with E-state index >= 15 is 0 Å². The van der Waals surface area contributed by atoms with E-state index in [9.17, 15) is 9.59 Å². The molecule has 0 spiro atoms. The van der Waals surface area contributed by atoms with Gasteiger partial charge < -0.3 is 10.1 Å². The predicted octanol–water partition coefficient (Wildman–Crippen LogP) is 3.16. The Morgan fingerprint density at radius 3 is 2.41 bits per heavy atom. The van der Waals surface area contributed by atoms with E-state index < -0.39 is 12.0 Å². The van der Waals surface area contributed by atoms with Crippen LogP contribution in [0.25, 0.3) is 10.8 Å². The number of hydrogen-bond acceptors (Lipinski definition) is 3. The number of hydrogen-bond donors (Lipinski definition) is 1. The second-order valence-electron chi connectivity index (χ2n) is 5.74. The van der Waals surface area contributed by atoms with Gasteiger partial charge in [-0.05, 0) is 35.2 Å². The number of fused-ring (bicyclic) bond motifs is 1. The molecular weight excluding hydrogens is 278 g/mol. The van der Waals surface area contributed by atoms with E-state index in [1.165, 1.54) is 7.11 Å². The molecule has 1 atom stereocenters. The van der Waals surface area contributed by atoms with Gasteiger partial charge in [0.2, 0.25) is 0 Å². The smallest absolute Gasteiger partial charge is 0.328 e. The zero-order chi connectivity index (χ0) is 16.1. The summed E-state index contributed by atoms with van der Waals surface area (Å²) in [6, 6.07) is 12.7. The second-order valence-corrected chi connectivity index (χ2v) is 5.74. The van der Waals surface area contributed by atoms with Crippen LogP contribution in [0, 0.1) is 5.92 Å². The summed E-state index contributed by atoms with van der Waals surface area (Å²) in [6.45, 7) is 4.00. The van der Waals surface area contributed by atoms with Crippen LogP contribution in [-0.2, 0) is 9.53 Å². The third-order valence-corrected chi connectivity index (χ3v) is 3.51. The van der Waals surface area contributed by atoms with Crippen LogP contribution < -0.4 is 5.32 Å². The van der Waals surface area contributed by atoms with Gasteiger partial charge in [-0.3, -0.25) is 4.79 Å². The van der Waals surface area contributed by atoms with Crippen molar-refractivity contribution >= 4 is 22.6 Å². The fourth-order valence-electron chi connectivity index (χ4n) is 2.40. The van der Waals surface area contributed by atoms with Gasteiger partial charge in [0.05, 0.1) is 7.11 Å². The topological polar surface area (TPSA) is 55.4 Å². The summed E-state index contributed by atoms with van der Waals surface area (Å²) in [7, 11) is 1.33. The molecule has 4 heteroatoms. The second kappa shape index (κ2) is 7.07. The Bertz CT molecular complexity index is 679. The monoisotopic (exact) mass is 299 g/mol. The summed E-state index contributed by atoms with van der Waals surface area (Å²) >= 11 is 0. The number of carbonyl (C=O) groups excluding carboxylic acids is 2. The summed E-state index contributed by atoms with van der Waals surface area (Å²) in [5, 5.41) is 4.84. The number of methoxy groups -OCH3 is 1. The molecule has 0 aliphatic heterocycles. The van der Waals surface area contributed by atoms with Crippen molar-refractivity contribution in [2.75, 3.05) is 7.11 Å². The van der Waals surface area contributed by atoms with E-state index in [-0.39, 0.29) is 11.8 Å². The van der Waals surface area contributed by atoms with Gasteiger partial charge in [-0.2, -0.15) is 0 Å². The molecule has 4 nitrogen and oxygen atoms in total. The van der Waals surface area contributed by atoms with Crippen LogP contribution in [0.4, 0.5) is 0 Å². The first-order chi connectivity index (χ1) is 10.5. The van der Waals surface area contributed by atoms with Crippen LogP contribution >= 0.6 is 0 Å². The molecule has 1 amide bonds. The molecule has 0 saturated carbocycles. The molecule has 0 fully saturated rings. The van der Waals surface area contributed by atoms with Gasteiger partial charge in [-0.25, -0.2) is 4.79 Å². The highest BCUT2D eigenvalue weighted by molar-refractivity contribution is 6.00. The highest BCUT2D eigenvalue weighted by Crippen LogP contribution is 2.16. The number of carbonyl (C=O) groups is 2. The average Bonchev–Trinajstić information content (AvgIpc) is 2.52. The van der Waals surface area contributed by atoms with E-state index in [0.717, 1.165) is 10.8 Å². The lowest BCUT2D eigenvalue weighted by Gasteiger charge is -2.18. The lowest BCUT2D eigenvalue weighted by molar-refractivity contribution is -0.143. The third-order valence-electron chi connectivity index (χ3n) is 3.51. The van der Waals surface area contributed by atoms with Gasteiger partial charge in [0.1, 0.15) is 6.04 Å². The highest BCUT2D eigenvalue weighted by Gasteiger charge is 2.23. The molecule has 0 aliphatic rings. The Labute approximate surface area is 130 Å². The van der Waals surface area contributed by atoms with Crippen LogP contribution in [0.15, 0.2) is 42.5 Å². The molecule has 0 bridgehead atoms. The Kier molecular flexibility index (Phi) is 5.15. The summed E-state index contributed by atoms with van der Waals surface area (Å²) in [4.78, 5) is 24.2. The van der Waals surface area contributed by atoms with E-state index in [4.69, 9.17) is 4.74 Å². The first-order valence-electron chi connectivity index (χ1n) is 7.38. The lowest BCUT2D eigenvalue weighted by atomic mass is 10.0. The van der Waals surface area contributed by atoms with Gasteiger partial charge >= 0.3 is 5.97 Å². The molecule has 2 aromatic carbocycles. The predicted molar refractivity (Wildman–Crippen MR) is 86.7 cm³/mol. The molecule has 2 aromatic rings. The standard InChI is InChI=1S/C18H21NO3/c1-12(2)10-16(18(21)22-3)19-17(20)15-9-8-13-6-4-5-7-14(13)11-15/h4-9,11-12,16H,10H2,1-3H3,(H,19,20)/t16-/m0/s1. The maximum atomic E-state index is 12.4. The SMILES string of the molecule is COC(=O)[C@H](CC(C)C)NC(=O)c1ccc2ccccc2c1. The molecule has 0 aliphatic carbocycles. The van der Waals surface area contributed by atoms with Crippen molar-refractivity contribution in [1.29, 1.82) is 0 Å². The van der Waals surface area contributed by atoms with E-state index in [2.05, 4.69) is 5.32 Å². The van der Waals surface area contributed by atoms with Crippen LogP contribution in [-0.4, -0.2) is 25.0 Å². The molecule has 1 N–H and O–H groups in total. The summed E-state index contributed by atoms with van der Waals surface area (Å²) in [5.74, 6) is -0.398. The summed E-state index contributed by atoms with van der Waals surface area (Å²) < 4.78 is 4.77. The Balaban J connectivity index is 2.19. The normalized spacial score (nSPS) is 12.2. The largest absolute Gasteiger partial charge is 0.467 e. The molecule has 116 valence electrons. The third kappa shape index (κ3) is 3.85. The number of ether oxygens (including phenoxy) is 1. The first kappa shape index (κ1) is 16.0. The van der Waals surface area contributed by atoms with Crippen LogP contribution in [0.3, 0.4) is 0 Å². The van der Waals surface area contributed by atoms with Crippen molar-refractivity contribution in [1.82, 2.24) is 5.32 Å². The van der Waals surface area contributed by atoms with Gasteiger partial charge in [0, 0.05) is 5.56 Å². The van der Waals surface area contributed by atoms with Crippen LogP contribution in [0.1, 0.15) is 30.6 Å². The Hall–Kier alpha value is -2.36. The minimum Gasteiger partial charge on any atom is -0.467 e. The minimum absolute atomic E-state index is 0.262. The van der Waals surface area contributed by atoms with Gasteiger partial charge in [0.25, 0.3) is 5.91 Å². The number of amides is 1. The molecule has 0 unspecified atom stereocenters. The first-order valence-corrected chi connectivity index (χ1v) is 7.38. The van der Waals surface area contributed by atoms with Crippen LogP contribution in [0.2, 0.25) is 0 Å². The molecule has 0 saturated heterocycles.